The Labute approximate surface area is 212 Å². The van der Waals surface area contributed by atoms with Crippen molar-refractivity contribution in [2.75, 3.05) is 31.5 Å². The highest BCUT2D eigenvalue weighted by atomic mass is 16.5. The van der Waals surface area contributed by atoms with Gasteiger partial charge >= 0.3 is 5.97 Å². The quantitative estimate of drug-likeness (QED) is 0.437. The molecule has 36 heavy (non-hydrogen) atoms. The first kappa shape index (κ1) is 25.4. The van der Waals surface area contributed by atoms with Crippen LogP contribution in [0.5, 0.6) is 11.5 Å². The fraction of sp³-hybridized carbons (Fsp3) is 0.310. The molecule has 1 amide bonds. The van der Waals surface area contributed by atoms with Crippen molar-refractivity contribution in [1.82, 2.24) is 9.80 Å². The third-order valence-electron chi connectivity index (χ3n) is 6.50. The third-order valence-corrected chi connectivity index (χ3v) is 6.50. The van der Waals surface area contributed by atoms with Crippen molar-refractivity contribution < 1.29 is 19.4 Å². The summed E-state index contributed by atoms with van der Waals surface area (Å²) in [5.41, 5.74) is 1.91. The largest absolute Gasteiger partial charge is 0.478 e. The molecule has 0 spiro atoms. The third kappa shape index (κ3) is 6.71. The van der Waals surface area contributed by atoms with Crippen LogP contribution in [0.25, 0.3) is 0 Å². The monoisotopic (exact) mass is 487 g/mol. The molecule has 1 aliphatic heterocycles. The second-order valence-electron chi connectivity index (χ2n) is 8.98. The first-order chi connectivity index (χ1) is 17.5. The van der Waals surface area contributed by atoms with Crippen LogP contribution in [-0.4, -0.2) is 59.0 Å². The summed E-state index contributed by atoms with van der Waals surface area (Å²) in [5.74, 6) is 0.564. The van der Waals surface area contributed by atoms with E-state index in [4.69, 9.17) is 4.74 Å². The number of carbonyl (C=O) groups excluding carboxylic acids is 1. The molecule has 4 rings (SSSR count). The van der Waals surface area contributed by atoms with Crippen LogP contribution in [0, 0.1) is 0 Å². The van der Waals surface area contributed by atoms with Crippen LogP contribution in [0.1, 0.15) is 35.7 Å². The highest BCUT2D eigenvalue weighted by molar-refractivity contribution is 5.94. The van der Waals surface area contributed by atoms with Crippen LogP contribution < -0.4 is 10.1 Å². The molecule has 0 saturated carbocycles. The molecular formula is C29H33N3O4. The molecule has 0 radical (unpaired) electrons. The highest BCUT2D eigenvalue weighted by Crippen LogP contribution is 2.23. The second kappa shape index (κ2) is 12.3. The van der Waals surface area contributed by atoms with Gasteiger partial charge in [0.15, 0.2) is 0 Å². The summed E-state index contributed by atoms with van der Waals surface area (Å²) in [7, 11) is 0. The highest BCUT2D eigenvalue weighted by Gasteiger charge is 2.27. The van der Waals surface area contributed by atoms with Crippen molar-refractivity contribution >= 4 is 17.6 Å². The van der Waals surface area contributed by atoms with E-state index in [9.17, 15) is 14.7 Å². The topological polar surface area (TPSA) is 82.1 Å². The van der Waals surface area contributed by atoms with Crippen molar-refractivity contribution in [3.63, 3.8) is 0 Å². The molecule has 1 unspecified atom stereocenters. The summed E-state index contributed by atoms with van der Waals surface area (Å²) in [4.78, 5) is 29.2. The van der Waals surface area contributed by atoms with Gasteiger partial charge in [-0.1, -0.05) is 43.3 Å². The zero-order chi connectivity index (χ0) is 25.3. The number of hydrogen-bond donors (Lipinski definition) is 2. The predicted octanol–water partition coefficient (Wildman–Crippen LogP) is 5.10. The number of carbonyl (C=O) groups is 2. The van der Waals surface area contributed by atoms with Gasteiger partial charge in [0.2, 0.25) is 5.91 Å². The van der Waals surface area contributed by atoms with Crippen LogP contribution in [-0.2, 0) is 11.3 Å². The Morgan fingerprint density at radius 3 is 2.31 bits per heavy atom. The Morgan fingerprint density at radius 1 is 0.889 bits per heavy atom. The van der Waals surface area contributed by atoms with E-state index in [1.165, 1.54) is 0 Å². The van der Waals surface area contributed by atoms with Crippen molar-refractivity contribution in [3.8, 4) is 11.5 Å². The van der Waals surface area contributed by atoms with Gasteiger partial charge in [0.1, 0.15) is 11.5 Å². The number of para-hydroxylation sites is 1. The fourth-order valence-electron chi connectivity index (χ4n) is 4.63. The molecule has 1 saturated heterocycles. The fourth-order valence-corrected chi connectivity index (χ4v) is 4.63. The SMILES string of the molecule is CCC(C(=O)Nc1ccc(Oc2ccccc2)cc1)N1CCCN(Cc2ccccc2C(=O)O)CC1. The van der Waals surface area contributed by atoms with Gasteiger partial charge < -0.3 is 15.2 Å². The standard InChI is InChI=1S/C29H33N3O4/c1-2-27(28(33)30-23-13-15-25(16-14-23)36-24-10-4-3-5-11-24)32-18-8-17-31(19-20-32)21-22-9-6-7-12-26(22)29(34)35/h3-7,9-16,27H,2,8,17-21H2,1H3,(H,30,33)(H,34,35). The Bertz CT molecular complexity index is 1150. The lowest BCUT2D eigenvalue weighted by Gasteiger charge is -2.29. The maximum absolute atomic E-state index is 13.2. The molecule has 1 fully saturated rings. The Hall–Kier alpha value is -3.68. The summed E-state index contributed by atoms with van der Waals surface area (Å²) >= 11 is 0. The first-order valence-corrected chi connectivity index (χ1v) is 12.4. The molecule has 0 aromatic heterocycles. The van der Waals surface area contributed by atoms with E-state index in [1.54, 1.807) is 12.1 Å². The van der Waals surface area contributed by atoms with Gasteiger partial charge in [0, 0.05) is 31.9 Å². The normalized spacial score (nSPS) is 15.6. The van der Waals surface area contributed by atoms with Gasteiger partial charge in [-0.15, -0.1) is 0 Å². The molecular weight excluding hydrogens is 454 g/mol. The Morgan fingerprint density at radius 2 is 1.58 bits per heavy atom. The van der Waals surface area contributed by atoms with E-state index in [2.05, 4.69) is 15.1 Å². The van der Waals surface area contributed by atoms with Crippen molar-refractivity contribution in [2.45, 2.75) is 32.4 Å². The number of nitrogens with one attached hydrogen (secondary N) is 1. The number of ether oxygens (including phenoxy) is 1. The van der Waals surface area contributed by atoms with Gasteiger partial charge in [0.05, 0.1) is 11.6 Å². The Kier molecular flexibility index (Phi) is 8.71. The van der Waals surface area contributed by atoms with Crippen LogP contribution >= 0.6 is 0 Å². The minimum absolute atomic E-state index is 0.0149. The molecule has 1 atom stereocenters. The lowest BCUT2D eigenvalue weighted by Crippen LogP contribution is -2.45. The lowest BCUT2D eigenvalue weighted by molar-refractivity contribution is -0.121. The molecule has 1 heterocycles. The average molecular weight is 488 g/mol. The van der Waals surface area contributed by atoms with Gasteiger partial charge in [-0.2, -0.15) is 0 Å². The number of nitrogens with zero attached hydrogens (tertiary/aromatic N) is 2. The molecule has 0 bridgehead atoms. The molecule has 3 aromatic carbocycles. The van der Waals surface area contributed by atoms with E-state index >= 15 is 0 Å². The van der Waals surface area contributed by atoms with E-state index in [0.717, 1.165) is 49.6 Å². The zero-order valence-corrected chi connectivity index (χ0v) is 20.6. The molecule has 188 valence electrons. The molecule has 2 N–H and O–H groups in total. The average Bonchev–Trinajstić information content (AvgIpc) is 3.12. The molecule has 3 aromatic rings. The van der Waals surface area contributed by atoms with Crippen molar-refractivity contribution in [1.29, 1.82) is 0 Å². The van der Waals surface area contributed by atoms with Crippen LogP contribution in [0.15, 0.2) is 78.9 Å². The second-order valence-corrected chi connectivity index (χ2v) is 8.98. The smallest absolute Gasteiger partial charge is 0.336 e. The molecule has 7 heteroatoms. The number of rotatable bonds is 9. The van der Waals surface area contributed by atoms with Crippen molar-refractivity contribution in [3.05, 3.63) is 90.0 Å². The number of amides is 1. The maximum atomic E-state index is 13.2. The van der Waals surface area contributed by atoms with Crippen LogP contribution in [0.4, 0.5) is 5.69 Å². The van der Waals surface area contributed by atoms with Gasteiger partial charge in [-0.3, -0.25) is 14.6 Å². The number of carboxylic acids is 1. The van der Waals surface area contributed by atoms with E-state index in [1.807, 2.05) is 73.7 Å². The van der Waals surface area contributed by atoms with Gasteiger partial charge in [-0.25, -0.2) is 4.79 Å². The lowest BCUT2D eigenvalue weighted by atomic mass is 10.1. The minimum Gasteiger partial charge on any atom is -0.478 e. The molecule has 7 nitrogen and oxygen atoms in total. The number of benzene rings is 3. The summed E-state index contributed by atoms with van der Waals surface area (Å²) in [6, 6.07) is 23.9. The number of carboxylic acid groups (broad SMARTS) is 1. The number of anilines is 1. The van der Waals surface area contributed by atoms with Gasteiger partial charge in [-0.05, 0) is 67.4 Å². The summed E-state index contributed by atoms with van der Waals surface area (Å²) < 4.78 is 5.83. The zero-order valence-electron chi connectivity index (χ0n) is 20.6. The van der Waals surface area contributed by atoms with E-state index in [-0.39, 0.29) is 11.9 Å². The number of hydrogen-bond acceptors (Lipinski definition) is 5. The van der Waals surface area contributed by atoms with E-state index in [0.29, 0.717) is 24.3 Å². The minimum atomic E-state index is -0.899. The summed E-state index contributed by atoms with van der Waals surface area (Å²) in [6.45, 7) is 5.86. The maximum Gasteiger partial charge on any atom is 0.336 e. The van der Waals surface area contributed by atoms with Gasteiger partial charge in [0.25, 0.3) is 0 Å². The van der Waals surface area contributed by atoms with E-state index < -0.39 is 5.97 Å². The first-order valence-electron chi connectivity index (χ1n) is 12.4. The van der Waals surface area contributed by atoms with Crippen LogP contribution in [0.3, 0.4) is 0 Å². The van der Waals surface area contributed by atoms with Crippen molar-refractivity contribution in [2.24, 2.45) is 0 Å². The predicted molar refractivity (Wildman–Crippen MR) is 141 cm³/mol. The summed E-state index contributed by atoms with van der Waals surface area (Å²) in [5, 5.41) is 12.5. The Balaban J connectivity index is 1.33. The van der Waals surface area contributed by atoms with Crippen LogP contribution in [0.2, 0.25) is 0 Å². The molecule has 0 aliphatic carbocycles. The molecule has 1 aliphatic rings. The summed E-state index contributed by atoms with van der Waals surface area (Å²) in [6.07, 6.45) is 1.63. The number of aromatic carboxylic acids is 1.